The molecule has 3 heterocycles. The number of hydrogen-bond acceptors (Lipinski definition) is 9. The SMILES string of the molecule is Fc1c(F)c(F)c(N=Nc2sc(N=Nc3ccc(N(c4cccs4)c4cccs4)cc3Cl)nc2Cl)c(F)c1F. The molecular weight excluding hydrogens is 622 g/mol. The lowest BCUT2D eigenvalue weighted by molar-refractivity contribution is 0.380. The van der Waals surface area contributed by atoms with E-state index < -0.39 is 34.8 Å². The summed E-state index contributed by atoms with van der Waals surface area (Å²) in [6.07, 6.45) is 0. The number of hydrogen-bond donors (Lipinski definition) is 0. The minimum atomic E-state index is -2.31. The van der Waals surface area contributed by atoms with E-state index in [9.17, 15) is 22.0 Å². The molecular formula is C23H9Cl2F5N6S3. The molecule has 0 unspecified atom stereocenters. The zero-order valence-corrected chi connectivity index (χ0v) is 22.7. The predicted molar refractivity (Wildman–Crippen MR) is 144 cm³/mol. The van der Waals surface area contributed by atoms with Crippen molar-refractivity contribution < 1.29 is 22.0 Å². The highest BCUT2D eigenvalue weighted by molar-refractivity contribution is 7.19. The quantitative estimate of drug-likeness (QED) is 0.0776. The molecule has 5 rings (SSSR count). The Balaban J connectivity index is 1.38. The van der Waals surface area contributed by atoms with Crippen LogP contribution in [0.4, 0.5) is 59.1 Å². The average Bonchev–Trinajstić information content (AvgIpc) is 3.70. The fourth-order valence-electron chi connectivity index (χ4n) is 3.13. The Morgan fingerprint density at radius 1 is 0.718 bits per heavy atom. The topological polar surface area (TPSA) is 65.6 Å². The van der Waals surface area contributed by atoms with Crippen LogP contribution < -0.4 is 4.90 Å². The van der Waals surface area contributed by atoms with Gasteiger partial charge in [-0.05, 0) is 53.2 Å². The molecule has 0 radical (unpaired) electrons. The van der Waals surface area contributed by atoms with Gasteiger partial charge in [-0.3, -0.25) is 4.90 Å². The highest BCUT2D eigenvalue weighted by Gasteiger charge is 2.26. The van der Waals surface area contributed by atoms with E-state index in [0.717, 1.165) is 15.7 Å². The second-order valence-electron chi connectivity index (χ2n) is 7.28. The van der Waals surface area contributed by atoms with E-state index in [1.807, 2.05) is 46.0 Å². The Bertz CT molecular complexity index is 1640. The number of thiazole rings is 1. The van der Waals surface area contributed by atoms with Gasteiger partial charge in [0.1, 0.15) is 15.7 Å². The minimum Gasteiger partial charge on any atom is -0.293 e. The van der Waals surface area contributed by atoms with Crippen LogP contribution in [0.3, 0.4) is 0 Å². The van der Waals surface area contributed by atoms with Crippen molar-refractivity contribution in [3.05, 3.63) is 92.5 Å². The lowest BCUT2D eigenvalue weighted by Crippen LogP contribution is -2.06. The lowest BCUT2D eigenvalue weighted by atomic mass is 10.2. The van der Waals surface area contributed by atoms with Gasteiger partial charge in [-0.1, -0.05) is 34.5 Å². The molecule has 0 atom stereocenters. The molecule has 0 spiro atoms. The lowest BCUT2D eigenvalue weighted by Gasteiger charge is -2.21. The van der Waals surface area contributed by atoms with E-state index in [1.54, 1.807) is 34.8 Å². The van der Waals surface area contributed by atoms with Crippen LogP contribution in [0.2, 0.25) is 10.2 Å². The molecule has 0 saturated heterocycles. The number of benzene rings is 2. The van der Waals surface area contributed by atoms with Crippen molar-refractivity contribution in [3.8, 4) is 0 Å². The minimum absolute atomic E-state index is 0.0229. The molecule has 0 saturated carbocycles. The van der Waals surface area contributed by atoms with Crippen molar-refractivity contribution in [1.29, 1.82) is 0 Å². The number of nitrogens with zero attached hydrogens (tertiary/aromatic N) is 6. The van der Waals surface area contributed by atoms with Crippen molar-refractivity contribution in [2.75, 3.05) is 4.90 Å². The Morgan fingerprint density at radius 3 is 1.90 bits per heavy atom. The van der Waals surface area contributed by atoms with Crippen LogP contribution >= 0.6 is 57.2 Å². The number of aromatic nitrogens is 1. The van der Waals surface area contributed by atoms with Crippen LogP contribution in [-0.2, 0) is 0 Å². The van der Waals surface area contributed by atoms with Gasteiger partial charge in [-0.25, -0.2) is 26.9 Å². The van der Waals surface area contributed by atoms with Crippen molar-refractivity contribution in [1.82, 2.24) is 4.98 Å². The number of anilines is 3. The molecule has 2 aromatic carbocycles. The Labute approximate surface area is 238 Å². The monoisotopic (exact) mass is 630 g/mol. The van der Waals surface area contributed by atoms with Crippen LogP contribution in [0, 0.1) is 29.1 Å². The summed E-state index contributed by atoms with van der Waals surface area (Å²) in [5, 5.41) is 20.4. The summed E-state index contributed by atoms with van der Waals surface area (Å²) in [5.41, 5.74) is -0.351. The van der Waals surface area contributed by atoms with Crippen molar-refractivity contribution in [2.24, 2.45) is 20.5 Å². The summed E-state index contributed by atoms with van der Waals surface area (Å²) in [7, 11) is 0. The second kappa shape index (κ2) is 11.4. The standard InChI is InChI=1S/C23H9Cl2F5N6S3/c24-11-9-10(36(13-3-1-7-37-13)14-4-2-8-38-14)5-6-12(11)32-35-23-31-21(25)22(39-23)34-33-20-18(29)16(27)15(26)17(28)19(20)30/h1-9H. The zero-order chi connectivity index (χ0) is 27.7. The first kappa shape index (κ1) is 27.3. The molecule has 5 aromatic rings. The highest BCUT2D eigenvalue weighted by Crippen LogP contribution is 2.43. The van der Waals surface area contributed by atoms with E-state index >= 15 is 0 Å². The molecule has 0 fully saturated rings. The summed E-state index contributed by atoms with van der Waals surface area (Å²) < 4.78 is 67.6. The van der Waals surface area contributed by atoms with Gasteiger partial charge in [-0.2, -0.15) is 0 Å². The average molecular weight is 631 g/mol. The van der Waals surface area contributed by atoms with Gasteiger partial charge in [0.05, 0.1) is 5.02 Å². The van der Waals surface area contributed by atoms with Gasteiger partial charge in [0.25, 0.3) is 0 Å². The van der Waals surface area contributed by atoms with Crippen LogP contribution in [-0.4, -0.2) is 4.98 Å². The molecule has 39 heavy (non-hydrogen) atoms. The molecule has 3 aromatic heterocycles. The summed E-state index contributed by atoms with van der Waals surface area (Å²) in [5.74, 6) is -10.9. The molecule has 0 amide bonds. The zero-order valence-electron chi connectivity index (χ0n) is 18.7. The molecule has 0 aliphatic heterocycles. The normalized spacial score (nSPS) is 11.8. The smallest absolute Gasteiger partial charge is 0.233 e. The van der Waals surface area contributed by atoms with Crippen LogP contribution in [0.5, 0.6) is 0 Å². The number of azo groups is 2. The van der Waals surface area contributed by atoms with Gasteiger partial charge in [0.2, 0.25) is 10.9 Å². The van der Waals surface area contributed by atoms with Crippen molar-refractivity contribution >= 4 is 94.4 Å². The van der Waals surface area contributed by atoms with Crippen LogP contribution in [0.1, 0.15) is 0 Å². The number of thiophene rings is 2. The maximum Gasteiger partial charge on any atom is 0.233 e. The summed E-state index contributed by atoms with van der Waals surface area (Å²) >= 11 is 16.3. The molecule has 198 valence electrons. The molecule has 0 aliphatic rings. The van der Waals surface area contributed by atoms with Crippen molar-refractivity contribution in [3.63, 3.8) is 0 Å². The second-order valence-corrected chi connectivity index (χ2v) is 10.9. The van der Waals surface area contributed by atoms with E-state index in [0.29, 0.717) is 22.0 Å². The highest BCUT2D eigenvalue weighted by atomic mass is 35.5. The molecule has 0 N–H and O–H groups in total. The molecule has 6 nitrogen and oxygen atoms in total. The molecule has 0 bridgehead atoms. The summed E-state index contributed by atoms with van der Waals surface area (Å²) in [4.78, 5) is 5.95. The maximum atomic E-state index is 13.8. The fraction of sp³-hybridized carbons (Fsp3) is 0. The van der Waals surface area contributed by atoms with Gasteiger partial charge >= 0.3 is 0 Å². The largest absolute Gasteiger partial charge is 0.293 e. The van der Waals surface area contributed by atoms with E-state index in [-0.39, 0.29) is 15.3 Å². The van der Waals surface area contributed by atoms with Gasteiger partial charge in [0, 0.05) is 5.69 Å². The Hall–Kier alpha value is -3.30. The fourth-order valence-corrected chi connectivity index (χ4v) is 5.82. The first-order chi connectivity index (χ1) is 18.7. The van der Waals surface area contributed by atoms with Crippen LogP contribution in [0.15, 0.2) is 73.7 Å². The van der Waals surface area contributed by atoms with E-state index in [2.05, 4.69) is 25.4 Å². The Kier molecular flexibility index (Phi) is 8.00. The first-order valence-electron chi connectivity index (χ1n) is 10.4. The Morgan fingerprint density at radius 2 is 1.33 bits per heavy atom. The first-order valence-corrected chi connectivity index (χ1v) is 13.8. The summed E-state index contributed by atoms with van der Waals surface area (Å²) in [6, 6.07) is 13.1. The van der Waals surface area contributed by atoms with Crippen LogP contribution in [0.25, 0.3) is 0 Å². The van der Waals surface area contributed by atoms with Gasteiger partial charge in [-0.15, -0.1) is 43.1 Å². The molecule has 0 aliphatic carbocycles. The maximum absolute atomic E-state index is 13.8. The van der Waals surface area contributed by atoms with Gasteiger partial charge < -0.3 is 0 Å². The van der Waals surface area contributed by atoms with E-state index in [4.69, 9.17) is 23.2 Å². The molecule has 16 heteroatoms. The predicted octanol–water partition coefficient (Wildman–Crippen LogP) is 11.6. The van der Waals surface area contributed by atoms with E-state index in [1.165, 1.54) is 0 Å². The number of rotatable bonds is 7. The summed E-state index contributed by atoms with van der Waals surface area (Å²) in [6.45, 7) is 0. The third kappa shape index (κ3) is 5.56. The number of halogens is 7. The van der Waals surface area contributed by atoms with Crippen molar-refractivity contribution in [2.45, 2.75) is 0 Å². The van der Waals surface area contributed by atoms with Gasteiger partial charge in [0.15, 0.2) is 39.1 Å². The third-order valence-electron chi connectivity index (χ3n) is 4.87. The third-order valence-corrected chi connectivity index (χ3v) is 8.08.